The second-order valence-electron chi connectivity index (χ2n) is 5.61. The van der Waals surface area contributed by atoms with E-state index in [1.165, 1.54) is 7.11 Å². The highest BCUT2D eigenvalue weighted by Gasteiger charge is 2.24. The number of nitrogens with one attached hydrogen (secondary N) is 1. The minimum Gasteiger partial charge on any atom is -0.466 e. The Bertz CT molecular complexity index is 963. The molecule has 0 bridgehead atoms. The first-order chi connectivity index (χ1) is 13.6. The molecular weight excluding hydrogens is 382 g/mol. The van der Waals surface area contributed by atoms with Crippen LogP contribution in [0.4, 0.5) is 0 Å². The van der Waals surface area contributed by atoms with Gasteiger partial charge in [0.1, 0.15) is 0 Å². The standard InChI is InChI=1S/C18H17N5O4S/c1-3-4-14-21-22-17(27-14)12-7-5-11(6-8-12)10-19-23-18-20-16(25)13(28-18)9-15(24)26-2/h5-10H,3-4H2,1-2H3,(H,20,23,25)/b13-9+,19-10?. The van der Waals surface area contributed by atoms with Crippen molar-refractivity contribution in [2.45, 2.75) is 19.8 Å². The number of thioether (sulfide) groups is 1. The van der Waals surface area contributed by atoms with Crippen LogP contribution in [0.5, 0.6) is 0 Å². The maximum atomic E-state index is 11.7. The van der Waals surface area contributed by atoms with E-state index >= 15 is 0 Å². The van der Waals surface area contributed by atoms with Crippen LogP contribution in [0.2, 0.25) is 0 Å². The zero-order valence-electron chi connectivity index (χ0n) is 15.2. The Morgan fingerprint density at radius 3 is 2.82 bits per heavy atom. The maximum Gasteiger partial charge on any atom is 0.331 e. The molecule has 1 aliphatic rings. The molecule has 28 heavy (non-hydrogen) atoms. The summed E-state index contributed by atoms with van der Waals surface area (Å²) in [5.41, 5.74) is 1.62. The van der Waals surface area contributed by atoms with Crippen molar-refractivity contribution in [2.75, 3.05) is 7.11 Å². The molecule has 1 N–H and O–H groups in total. The fraction of sp³-hybridized carbons (Fsp3) is 0.222. The van der Waals surface area contributed by atoms with Crippen LogP contribution in [0.15, 0.2) is 49.9 Å². The Morgan fingerprint density at radius 2 is 2.11 bits per heavy atom. The summed E-state index contributed by atoms with van der Waals surface area (Å²) in [5.74, 6) is 0.0686. The Kier molecular flexibility index (Phi) is 6.33. The molecule has 1 aliphatic heterocycles. The summed E-state index contributed by atoms with van der Waals surface area (Å²) in [7, 11) is 1.24. The highest BCUT2D eigenvalue weighted by molar-refractivity contribution is 8.18. The van der Waals surface area contributed by atoms with Gasteiger partial charge in [-0.25, -0.2) is 4.79 Å². The molecule has 1 fully saturated rings. The molecule has 1 saturated heterocycles. The van der Waals surface area contributed by atoms with Gasteiger partial charge in [0, 0.05) is 18.1 Å². The van der Waals surface area contributed by atoms with E-state index in [0.717, 1.165) is 41.8 Å². The molecule has 0 radical (unpaired) electrons. The first-order valence-corrected chi connectivity index (χ1v) is 9.23. The Labute approximate surface area is 165 Å². The average Bonchev–Trinajstić information content (AvgIpc) is 3.29. The molecule has 0 atom stereocenters. The van der Waals surface area contributed by atoms with E-state index in [0.29, 0.717) is 11.8 Å². The summed E-state index contributed by atoms with van der Waals surface area (Å²) in [5, 5.41) is 18.7. The molecular formula is C18H17N5O4S. The molecule has 3 rings (SSSR count). The lowest BCUT2D eigenvalue weighted by Crippen LogP contribution is -2.19. The lowest BCUT2D eigenvalue weighted by Gasteiger charge is -1.96. The number of hydrogen-bond donors (Lipinski definition) is 1. The van der Waals surface area contributed by atoms with E-state index < -0.39 is 11.9 Å². The summed E-state index contributed by atoms with van der Waals surface area (Å²) in [6.45, 7) is 2.05. The first kappa shape index (κ1) is 19.5. The lowest BCUT2D eigenvalue weighted by molar-refractivity contribution is -0.135. The van der Waals surface area contributed by atoms with Crippen molar-refractivity contribution in [3.8, 4) is 11.5 Å². The normalized spacial score (nSPS) is 16.9. The number of esters is 1. The smallest absolute Gasteiger partial charge is 0.331 e. The zero-order valence-corrected chi connectivity index (χ0v) is 16.0. The van der Waals surface area contributed by atoms with Crippen LogP contribution in [-0.4, -0.2) is 40.6 Å². The van der Waals surface area contributed by atoms with Crippen molar-refractivity contribution in [1.82, 2.24) is 15.5 Å². The number of benzene rings is 1. The second kappa shape index (κ2) is 9.09. The van der Waals surface area contributed by atoms with Gasteiger partial charge >= 0.3 is 5.97 Å². The van der Waals surface area contributed by atoms with Gasteiger partial charge in [0.05, 0.1) is 18.2 Å². The number of methoxy groups -OCH3 is 1. The molecule has 2 heterocycles. The number of hydrogen-bond acceptors (Lipinski definition) is 9. The van der Waals surface area contributed by atoms with E-state index in [2.05, 4.69) is 30.5 Å². The molecule has 1 amide bonds. The molecule has 1 aromatic heterocycles. The van der Waals surface area contributed by atoms with Crippen molar-refractivity contribution < 1.29 is 18.7 Å². The maximum absolute atomic E-state index is 11.7. The van der Waals surface area contributed by atoms with Gasteiger partial charge < -0.3 is 9.15 Å². The Hall–Kier alpha value is -3.27. The van der Waals surface area contributed by atoms with E-state index in [9.17, 15) is 9.59 Å². The number of aryl methyl sites for hydroxylation is 1. The van der Waals surface area contributed by atoms with Crippen LogP contribution in [0.1, 0.15) is 24.8 Å². The van der Waals surface area contributed by atoms with Gasteiger partial charge in [-0.1, -0.05) is 19.1 Å². The molecule has 10 heteroatoms. The Morgan fingerprint density at radius 1 is 1.32 bits per heavy atom. The molecule has 0 saturated carbocycles. The third kappa shape index (κ3) is 4.92. The number of carbonyl (C=O) groups excluding carboxylic acids is 2. The van der Waals surface area contributed by atoms with Gasteiger partial charge in [0.15, 0.2) is 5.17 Å². The van der Waals surface area contributed by atoms with Gasteiger partial charge in [0.2, 0.25) is 11.8 Å². The minimum absolute atomic E-state index is 0.201. The van der Waals surface area contributed by atoms with E-state index in [4.69, 9.17) is 4.42 Å². The number of amides is 1. The number of ether oxygens (including phenoxy) is 1. The molecule has 9 nitrogen and oxygen atoms in total. The highest BCUT2D eigenvalue weighted by atomic mass is 32.2. The van der Waals surface area contributed by atoms with Gasteiger partial charge in [-0.15, -0.1) is 15.3 Å². The second-order valence-corrected chi connectivity index (χ2v) is 6.64. The zero-order chi connectivity index (χ0) is 19.9. The summed E-state index contributed by atoms with van der Waals surface area (Å²) >= 11 is 1.01. The first-order valence-electron chi connectivity index (χ1n) is 8.41. The number of aromatic nitrogens is 2. The average molecular weight is 399 g/mol. The quantitative estimate of drug-likeness (QED) is 0.342. The van der Waals surface area contributed by atoms with Crippen LogP contribution < -0.4 is 5.32 Å². The van der Waals surface area contributed by atoms with Crippen molar-refractivity contribution in [2.24, 2.45) is 10.2 Å². The molecule has 2 aromatic rings. The van der Waals surface area contributed by atoms with E-state index in [1.54, 1.807) is 6.21 Å². The number of nitrogens with zero attached hydrogens (tertiary/aromatic N) is 4. The molecule has 0 aliphatic carbocycles. The van der Waals surface area contributed by atoms with Gasteiger partial charge in [-0.05, 0) is 35.9 Å². The van der Waals surface area contributed by atoms with Crippen LogP contribution >= 0.6 is 11.8 Å². The predicted molar refractivity (Wildman–Crippen MR) is 105 cm³/mol. The highest BCUT2D eigenvalue weighted by Crippen LogP contribution is 2.23. The number of amidine groups is 1. The predicted octanol–water partition coefficient (Wildman–Crippen LogP) is 2.30. The summed E-state index contributed by atoms with van der Waals surface area (Å²) in [6, 6.07) is 7.37. The van der Waals surface area contributed by atoms with Crippen molar-refractivity contribution in [3.63, 3.8) is 0 Å². The topological polar surface area (TPSA) is 119 Å². The van der Waals surface area contributed by atoms with E-state index in [-0.39, 0.29) is 10.1 Å². The van der Waals surface area contributed by atoms with Crippen LogP contribution in [0.3, 0.4) is 0 Å². The van der Waals surface area contributed by atoms with Crippen molar-refractivity contribution >= 4 is 35.0 Å². The summed E-state index contributed by atoms with van der Waals surface area (Å²) < 4.78 is 10.1. The summed E-state index contributed by atoms with van der Waals surface area (Å²) in [6.07, 6.45) is 4.34. The van der Waals surface area contributed by atoms with Gasteiger partial charge in [0.25, 0.3) is 5.91 Å². The fourth-order valence-electron chi connectivity index (χ4n) is 2.19. The van der Waals surface area contributed by atoms with Gasteiger partial charge in [-0.2, -0.15) is 5.10 Å². The SMILES string of the molecule is CCCc1nnc(-c2ccc(C=N/N=C3/NC(=O)/C(=C\C(=O)OC)S3)cc2)o1. The molecule has 0 spiro atoms. The van der Waals surface area contributed by atoms with Crippen LogP contribution in [-0.2, 0) is 20.7 Å². The minimum atomic E-state index is -0.606. The molecule has 0 unspecified atom stereocenters. The fourth-order valence-corrected chi connectivity index (χ4v) is 2.92. The largest absolute Gasteiger partial charge is 0.466 e. The monoisotopic (exact) mass is 399 g/mol. The molecule has 1 aromatic carbocycles. The van der Waals surface area contributed by atoms with Gasteiger partial charge in [-0.3, -0.25) is 10.1 Å². The summed E-state index contributed by atoms with van der Waals surface area (Å²) in [4.78, 5) is 23.1. The third-order valence-electron chi connectivity index (χ3n) is 3.54. The number of rotatable bonds is 6. The Balaban J connectivity index is 1.63. The number of carbonyl (C=O) groups is 2. The van der Waals surface area contributed by atoms with Crippen LogP contribution in [0, 0.1) is 0 Å². The van der Waals surface area contributed by atoms with Crippen molar-refractivity contribution in [3.05, 3.63) is 46.7 Å². The van der Waals surface area contributed by atoms with E-state index in [1.807, 2.05) is 31.2 Å². The molecule has 144 valence electrons. The van der Waals surface area contributed by atoms with Crippen molar-refractivity contribution in [1.29, 1.82) is 0 Å². The third-order valence-corrected chi connectivity index (χ3v) is 4.44. The lowest BCUT2D eigenvalue weighted by atomic mass is 10.1. The van der Waals surface area contributed by atoms with Crippen LogP contribution in [0.25, 0.3) is 11.5 Å².